The van der Waals surface area contributed by atoms with Gasteiger partial charge in [0.05, 0.1) is 17.3 Å². The van der Waals surface area contributed by atoms with Crippen molar-refractivity contribution in [2.45, 2.75) is 19.4 Å². The Morgan fingerprint density at radius 3 is 3.05 bits per heavy atom. The Hall–Kier alpha value is -1.10. The summed E-state index contributed by atoms with van der Waals surface area (Å²) < 4.78 is 0. The van der Waals surface area contributed by atoms with Gasteiger partial charge in [0, 0.05) is 11.6 Å². The van der Waals surface area contributed by atoms with Gasteiger partial charge >= 0.3 is 0 Å². The Labute approximate surface area is 122 Å². The first-order valence-electron chi connectivity index (χ1n) is 6.48. The molecule has 1 aliphatic rings. The summed E-state index contributed by atoms with van der Waals surface area (Å²) in [5.41, 5.74) is 3.84. The van der Waals surface area contributed by atoms with E-state index in [4.69, 9.17) is 11.6 Å². The molecule has 0 aliphatic carbocycles. The van der Waals surface area contributed by atoms with Crippen LogP contribution in [0.5, 0.6) is 0 Å². The molecule has 19 heavy (non-hydrogen) atoms. The molecule has 0 unspecified atom stereocenters. The van der Waals surface area contributed by atoms with Gasteiger partial charge in [-0.15, -0.1) is 11.3 Å². The van der Waals surface area contributed by atoms with E-state index in [9.17, 15) is 0 Å². The lowest BCUT2D eigenvalue weighted by atomic mass is 10.0. The third-order valence-corrected chi connectivity index (χ3v) is 4.48. The Morgan fingerprint density at radius 1 is 1.32 bits per heavy atom. The highest BCUT2D eigenvalue weighted by molar-refractivity contribution is 7.09. The predicted octanol–water partition coefficient (Wildman–Crippen LogP) is 3.10. The molecule has 3 rings (SSSR count). The van der Waals surface area contributed by atoms with Gasteiger partial charge in [-0.1, -0.05) is 17.7 Å². The molecule has 0 radical (unpaired) electrons. The molecule has 5 heteroatoms. The number of fused-ring (bicyclic) bond motifs is 1. The molecule has 2 aromatic rings. The summed E-state index contributed by atoms with van der Waals surface area (Å²) in [5, 5.41) is 10.8. The van der Waals surface area contributed by atoms with Crippen LogP contribution in [0.1, 0.15) is 16.1 Å². The van der Waals surface area contributed by atoms with Crippen LogP contribution >= 0.6 is 22.9 Å². The normalized spacial score (nSPS) is 14.8. The van der Waals surface area contributed by atoms with Crippen molar-refractivity contribution in [2.75, 3.05) is 18.4 Å². The van der Waals surface area contributed by atoms with Crippen LogP contribution in [-0.2, 0) is 19.4 Å². The van der Waals surface area contributed by atoms with Crippen LogP contribution in [0.2, 0.25) is 5.02 Å². The number of rotatable bonds is 3. The number of aromatic nitrogens is 1. The van der Waals surface area contributed by atoms with Gasteiger partial charge in [-0.05, 0) is 43.1 Å². The van der Waals surface area contributed by atoms with E-state index in [1.807, 2.05) is 17.6 Å². The van der Waals surface area contributed by atoms with Gasteiger partial charge in [0.2, 0.25) is 0 Å². The lowest BCUT2D eigenvalue weighted by molar-refractivity contribution is 0.711. The van der Waals surface area contributed by atoms with Crippen LogP contribution < -0.4 is 10.6 Å². The first-order chi connectivity index (χ1) is 9.34. The first-order valence-corrected chi connectivity index (χ1v) is 7.73. The van der Waals surface area contributed by atoms with E-state index in [0.29, 0.717) is 0 Å². The van der Waals surface area contributed by atoms with E-state index in [1.54, 1.807) is 11.3 Å². The van der Waals surface area contributed by atoms with Crippen LogP contribution in [0.3, 0.4) is 0 Å². The highest BCUT2D eigenvalue weighted by Crippen LogP contribution is 2.31. The SMILES string of the molecule is Clc1ccc2c(c1NCc1nccs1)CCNCC2. The minimum Gasteiger partial charge on any atom is -0.377 e. The average Bonchev–Trinajstić information content (AvgIpc) is 2.82. The second kappa shape index (κ2) is 5.90. The van der Waals surface area contributed by atoms with Crippen molar-refractivity contribution in [1.82, 2.24) is 10.3 Å². The van der Waals surface area contributed by atoms with E-state index in [-0.39, 0.29) is 0 Å². The van der Waals surface area contributed by atoms with Crippen molar-refractivity contribution in [3.05, 3.63) is 44.9 Å². The highest BCUT2D eigenvalue weighted by Gasteiger charge is 2.14. The van der Waals surface area contributed by atoms with Crippen LogP contribution in [0.4, 0.5) is 5.69 Å². The van der Waals surface area contributed by atoms with Gasteiger partial charge in [0.1, 0.15) is 5.01 Å². The van der Waals surface area contributed by atoms with Crippen molar-refractivity contribution in [3.8, 4) is 0 Å². The summed E-state index contributed by atoms with van der Waals surface area (Å²) in [7, 11) is 0. The number of hydrogen-bond acceptors (Lipinski definition) is 4. The molecule has 0 atom stereocenters. The number of anilines is 1. The number of hydrogen-bond donors (Lipinski definition) is 2. The molecular weight excluding hydrogens is 278 g/mol. The van der Waals surface area contributed by atoms with Crippen molar-refractivity contribution >= 4 is 28.6 Å². The second-order valence-corrected chi connectivity index (χ2v) is 5.98. The summed E-state index contributed by atoms with van der Waals surface area (Å²) in [4.78, 5) is 4.29. The summed E-state index contributed by atoms with van der Waals surface area (Å²) in [6, 6.07) is 4.15. The lowest BCUT2D eigenvalue weighted by Crippen LogP contribution is -2.16. The number of nitrogens with zero attached hydrogens (tertiary/aromatic N) is 1. The zero-order valence-corrected chi connectivity index (χ0v) is 12.2. The van der Waals surface area contributed by atoms with E-state index in [0.717, 1.165) is 48.2 Å². The maximum Gasteiger partial charge on any atom is 0.112 e. The molecule has 2 N–H and O–H groups in total. The summed E-state index contributed by atoms with van der Waals surface area (Å²) >= 11 is 8.02. The minimum absolute atomic E-state index is 0.737. The molecule has 3 nitrogen and oxygen atoms in total. The molecule has 0 saturated heterocycles. The quantitative estimate of drug-likeness (QED) is 0.913. The standard InChI is InChI=1S/C14H16ClN3S/c15-12-2-1-10-3-5-16-6-4-11(10)14(12)18-9-13-17-7-8-19-13/h1-2,7-8,16,18H,3-6,9H2. The second-order valence-electron chi connectivity index (χ2n) is 4.59. The maximum atomic E-state index is 6.35. The van der Waals surface area contributed by atoms with Crippen LogP contribution in [0, 0.1) is 0 Å². The molecule has 0 fully saturated rings. The molecule has 0 saturated carbocycles. The average molecular weight is 294 g/mol. The van der Waals surface area contributed by atoms with E-state index in [2.05, 4.69) is 21.7 Å². The highest BCUT2D eigenvalue weighted by atomic mass is 35.5. The minimum atomic E-state index is 0.737. The molecule has 1 aromatic carbocycles. The fourth-order valence-corrected chi connectivity index (χ4v) is 3.24. The molecule has 100 valence electrons. The summed E-state index contributed by atoms with van der Waals surface area (Å²) in [5.74, 6) is 0. The molecule has 1 aliphatic heterocycles. The fraction of sp³-hybridized carbons (Fsp3) is 0.357. The van der Waals surface area contributed by atoms with Crippen molar-refractivity contribution in [2.24, 2.45) is 0 Å². The Morgan fingerprint density at radius 2 is 2.21 bits per heavy atom. The number of halogens is 1. The fourth-order valence-electron chi connectivity index (χ4n) is 2.44. The zero-order chi connectivity index (χ0) is 13.1. The summed E-state index contributed by atoms with van der Waals surface area (Å²) in [6.07, 6.45) is 3.92. The molecule has 0 bridgehead atoms. The topological polar surface area (TPSA) is 37.0 Å². The Balaban J connectivity index is 1.86. The van der Waals surface area contributed by atoms with E-state index < -0.39 is 0 Å². The van der Waals surface area contributed by atoms with Gasteiger partial charge < -0.3 is 10.6 Å². The smallest absolute Gasteiger partial charge is 0.112 e. The number of benzene rings is 1. The van der Waals surface area contributed by atoms with Crippen LogP contribution in [0.25, 0.3) is 0 Å². The molecule has 2 heterocycles. The van der Waals surface area contributed by atoms with Crippen LogP contribution in [-0.4, -0.2) is 18.1 Å². The predicted molar refractivity (Wildman–Crippen MR) is 81.2 cm³/mol. The summed E-state index contributed by atoms with van der Waals surface area (Å²) in [6.45, 7) is 2.79. The van der Waals surface area contributed by atoms with E-state index in [1.165, 1.54) is 11.1 Å². The Kier molecular flexibility index (Phi) is 4.01. The molecule has 0 spiro atoms. The van der Waals surface area contributed by atoms with Crippen molar-refractivity contribution in [1.29, 1.82) is 0 Å². The van der Waals surface area contributed by atoms with Gasteiger partial charge in [-0.3, -0.25) is 0 Å². The molecular formula is C14H16ClN3S. The maximum absolute atomic E-state index is 6.35. The van der Waals surface area contributed by atoms with Gasteiger partial charge in [-0.2, -0.15) is 0 Å². The third kappa shape index (κ3) is 2.91. The monoisotopic (exact) mass is 293 g/mol. The van der Waals surface area contributed by atoms with Crippen LogP contribution in [0.15, 0.2) is 23.7 Å². The largest absolute Gasteiger partial charge is 0.377 e. The Bertz CT molecular complexity index is 554. The van der Waals surface area contributed by atoms with E-state index >= 15 is 0 Å². The zero-order valence-electron chi connectivity index (χ0n) is 10.6. The van der Waals surface area contributed by atoms with Gasteiger partial charge in [0.15, 0.2) is 0 Å². The molecule has 1 aromatic heterocycles. The van der Waals surface area contributed by atoms with Crippen molar-refractivity contribution in [3.63, 3.8) is 0 Å². The van der Waals surface area contributed by atoms with Gasteiger partial charge in [0.25, 0.3) is 0 Å². The van der Waals surface area contributed by atoms with Crippen molar-refractivity contribution < 1.29 is 0 Å². The van der Waals surface area contributed by atoms with Gasteiger partial charge in [-0.25, -0.2) is 4.98 Å². The first kappa shape index (κ1) is 12.9. The number of thiazole rings is 1. The molecule has 0 amide bonds. The number of nitrogens with one attached hydrogen (secondary N) is 2. The third-order valence-electron chi connectivity index (χ3n) is 3.38. The lowest BCUT2D eigenvalue weighted by Gasteiger charge is -2.15.